The summed E-state index contributed by atoms with van der Waals surface area (Å²) in [7, 11) is 0. The van der Waals surface area contributed by atoms with Gasteiger partial charge < -0.3 is 0 Å². The van der Waals surface area contributed by atoms with E-state index in [1.807, 2.05) is 6.20 Å². The van der Waals surface area contributed by atoms with E-state index in [0.717, 1.165) is 5.03 Å². The van der Waals surface area contributed by atoms with Crippen molar-refractivity contribution >= 4 is 45.6 Å². The zero-order chi connectivity index (χ0) is 33.1. The number of aromatic nitrogens is 1. The number of aryl methyl sites for hydroxylation is 6. The minimum atomic E-state index is 0.172. The average molecular weight is 636 g/mol. The third-order valence-electron chi connectivity index (χ3n) is 10.3. The molecular weight excluding hydrogens is 597 g/mol. The van der Waals surface area contributed by atoms with Crippen LogP contribution in [0.1, 0.15) is 33.4 Å². The van der Waals surface area contributed by atoms with E-state index in [4.69, 9.17) is 4.98 Å². The molecule has 0 saturated carbocycles. The van der Waals surface area contributed by atoms with Crippen molar-refractivity contribution in [2.24, 2.45) is 0 Å². The van der Waals surface area contributed by atoms with E-state index < -0.39 is 0 Å². The molecule has 232 valence electrons. The van der Waals surface area contributed by atoms with Crippen molar-refractivity contribution in [3.8, 4) is 33.4 Å². The lowest BCUT2D eigenvalue weighted by Gasteiger charge is -2.27. The van der Waals surface area contributed by atoms with Gasteiger partial charge in [-0.1, -0.05) is 159 Å². The van der Waals surface area contributed by atoms with Gasteiger partial charge in [0.1, 0.15) is 5.03 Å². The molecule has 7 aromatic rings. The first kappa shape index (κ1) is 30.5. The fraction of sp³-hybridized carbons (Fsp3) is 0.133. The molecule has 0 spiro atoms. The Morgan fingerprint density at radius 1 is 0.458 bits per heavy atom. The van der Waals surface area contributed by atoms with Crippen molar-refractivity contribution in [2.75, 3.05) is 0 Å². The quantitative estimate of drug-likeness (QED) is 0.175. The highest BCUT2D eigenvalue weighted by Crippen LogP contribution is 2.47. The number of hydrogen-bond donors (Lipinski definition) is 0. The van der Waals surface area contributed by atoms with Crippen LogP contribution in [0.4, 0.5) is 0 Å². The summed E-state index contributed by atoms with van der Waals surface area (Å²) >= 11 is 1.78. The predicted octanol–water partition coefficient (Wildman–Crippen LogP) is 10.1. The van der Waals surface area contributed by atoms with E-state index in [1.54, 1.807) is 11.8 Å². The molecule has 6 aromatic carbocycles. The lowest BCUT2D eigenvalue weighted by Crippen LogP contribution is -2.57. The van der Waals surface area contributed by atoms with Gasteiger partial charge in [-0.15, -0.1) is 0 Å². The van der Waals surface area contributed by atoms with E-state index in [1.165, 1.54) is 98.8 Å². The number of benzene rings is 6. The lowest BCUT2D eigenvalue weighted by atomic mass is 9.33. The molecule has 0 aliphatic carbocycles. The third-order valence-corrected chi connectivity index (χ3v) is 11.4. The Balaban J connectivity index is 1.21. The van der Waals surface area contributed by atoms with Gasteiger partial charge in [0.15, 0.2) is 0 Å². The first-order chi connectivity index (χ1) is 23.3. The van der Waals surface area contributed by atoms with Crippen LogP contribution in [0.5, 0.6) is 0 Å². The van der Waals surface area contributed by atoms with Crippen LogP contribution in [0.25, 0.3) is 44.2 Å². The molecule has 1 nitrogen and oxygen atoms in total. The number of pyridine rings is 1. The SMILES string of the molecule is Cc1cccc(C)c1B(c1c(C)cccc1C)c1c(C)cc(-c2cccc(-c3ccc4c(c3)Sc3nccc5cccc-4c35)c2)cc1C. The maximum Gasteiger partial charge on any atom is 0.243 e. The fourth-order valence-electron chi connectivity index (χ4n) is 8.09. The van der Waals surface area contributed by atoms with Gasteiger partial charge in [0.2, 0.25) is 6.71 Å². The van der Waals surface area contributed by atoms with Crippen LogP contribution in [0, 0.1) is 41.5 Å². The molecular formula is C45H38BNS. The third kappa shape index (κ3) is 5.09. The molecule has 0 fully saturated rings. The smallest absolute Gasteiger partial charge is 0.243 e. The maximum absolute atomic E-state index is 4.75. The van der Waals surface area contributed by atoms with Gasteiger partial charge in [-0.05, 0) is 98.5 Å². The summed E-state index contributed by atoms with van der Waals surface area (Å²) in [5, 5.41) is 3.60. The highest BCUT2D eigenvalue weighted by molar-refractivity contribution is 7.99. The molecule has 48 heavy (non-hydrogen) atoms. The van der Waals surface area contributed by atoms with Gasteiger partial charge in [-0.25, -0.2) is 4.98 Å². The van der Waals surface area contributed by atoms with E-state index >= 15 is 0 Å². The number of rotatable bonds is 5. The fourth-order valence-corrected chi connectivity index (χ4v) is 9.21. The molecule has 0 radical (unpaired) electrons. The Bertz CT molecular complexity index is 2280. The number of fused-ring (bicyclic) bond motifs is 2. The molecule has 1 aromatic heterocycles. The summed E-state index contributed by atoms with van der Waals surface area (Å²) in [5.41, 5.74) is 19.8. The summed E-state index contributed by atoms with van der Waals surface area (Å²) in [6.45, 7) is 13.8. The molecule has 0 unspecified atom stereocenters. The minimum absolute atomic E-state index is 0.172. The van der Waals surface area contributed by atoms with E-state index in [9.17, 15) is 0 Å². The number of hydrogen-bond acceptors (Lipinski definition) is 2. The van der Waals surface area contributed by atoms with Gasteiger partial charge in [-0.3, -0.25) is 0 Å². The van der Waals surface area contributed by atoms with Gasteiger partial charge in [0, 0.05) is 16.5 Å². The van der Waals surface area contributed by atoms with Crippen molar-refractivity contribution in [3.63, 3.8) is 0 Å². The van der Waals surface area contributed by atoms with Crippen LogP contribution >= 0.6 is 11.8 Å². The molecule has 0 amide bonds. The van der Waals surface area contributed by atoms with Gasteiger partial charge in [0.25, 0.3) is 0 Å². The second-order valence-electron chi connectivity index (χ2n) is 13.5. The molecule has 2 heterocycles. The second kappa shape index (κ2) is 12.0. The van der Waals surface area contributed by atoms with Crippen LogP contribution in [0.15, 0.2) is 131 Å². The Morgan fingerprint density at radius 2 is 1.00 bits per heavy atom. The second-order valence-corrected chi connectivity index (χ2v) is 14.5. The zero-order valence-electron chi connectivity index (χ0n) is 28.5. The van der Waals surface area contributed by atoms with E-state index in [-0.39, 0.29) is 6.71 Å². The van der Waals surface area contributed by atoms with Gasteiger partial charge >= 0.3 is 0 Å². The highest BCUT2D eigenvalue weighted by Gasteiger charge is 2.30. The van der Waals surface area contributed by atoms with Crippen molar-refractivity contribution in [3.05, 3.63) is 155 Å². The maximum atomic E-state index is 4.75. The summed E-state index contributed by atoms with van der Waals surface area (Å²) in [4.78, 5) is 6.01. The molecule has 8 rings (SSSR count). The Hall–Kier alpha value is -4.86. The van der Waals surface area contributed by atoms with Gasteiger partial charge in [0.05, 0.1) is 0 Å². The van der Waals surface area contributed by atoms with Crippen LogP contribution in [-0.2, 0) is 0 Å². The topological polar surface area (TPSA) is 12.9 Å². The van der Waals surface area contributed by atoms with Crippen molar-refractivity contribution < 1.29 is 0 Å². The summed E-state index contributed by atoms with van der Waals surface area (Å²) in [6.07, 6.45) is 1.93. The molecule has 1 aliphatic heterocycles. The van der Waals surface area contributed by atoms with Crippen LogP contribution in [0.2, 0.25) is 0 Å². The van der Waals surface area contributed by atoms with Crippen LogP contribution < -0.4 is 16.4 Å². The van der Waals surface area contributed by atoms with Crippen LogP contribution in [-0.4, -0.2) is 11.7 Å². The largest absolute Gasteiger partial charge is 0.249 e. The normalized spacial score (nSPS) is 11.9. The van der Waals surface area contributed by atoms with Crippen molar-refractivity contribution in [2.45, 2.75) is 51.5 Å². The first-order valence-corrected chi connectivity index (χ1v) is 17.6. The molecule has 0 N–H and O–H groups in total. The Labute approximate surface area is 289 Å². The molecule has 0 atom stereocenters. The summed E-state index contributed by atoms with van der Waals surface area (Å²) in [5.74, 6) is 0. The Kier molecular flexibility index (Phi) is 7.61. The molecule has 3 heteroatoms. The van der Waals surface area contributed by atoms with Crippen LogP contribution in [0.3, 0.4) is 0 Å². The van der Waals surface area contributed by atoms with E-state index in [0.29, 0.717) is 0 Å². The minimum Gasteiger partial charge on any atom is -0.249 e. The molecule has 0 bridgehead atoms. The van der Waals surface area contributed by atoms with Gasteiger partial charge in [-0.2, -0.15) is 0 Å². The summed E-state index contributed by atoms with van der Waals surface area (Å²) in [6, 6.07) is 42.9. The summed E-state index contributed by atoms with van der Waals surface area (Å²) < 4.78 is 0. The first-order valence-electron chi connectivity index (χ1n) is 16.8. The number of nitrogens with zero attached hydrogens (tertiary/aromatic N) is 1. The zero-order valence-corrected chi connectivity index (χ0v) is 29.3. The standard InChI is InChI=1S/C45H38BNS/c1-27-11-7-12-28(2)42(27)46(43-29(3)13-8-14-30(43)4)44-31(5)23-37(24-32(44)6)35-17-9-16-34(25-35)36-19-20-38-39-18-10-15-33-21-22-47-45(41(33)39)48-40(38)26-36/h7-26H,1-6H3. The lowest BCUT2D eigenvalue weighted by molar-refractivity contribution is 1.16. The highest BCUT2D eigenvalue weighted by atomic mass is 32.2. The monoisotopic (exact) mass is 635 g/mol. The van der Waals surface area contributed by atoms with Crippen molar-refractivity contribution in [1.82, 2.24) is 4.98 Å². The van der Waals surface area contributed by atoms with E-state index in [2.05, 4.69) is 157 Å². The Morgan fingerprint density at radius 3 is 1.65 bits per heavy atom. The predicted molar refractivity (Wildman–Crippen MR) is 208 cm³/mol. The molecule has 1 aliphatic rings. The van der Waals surface area contributed by atoms with Crippen molar-refractivity contribution in [1.29, 1.82) is 0 Å². The average Bonchev–Trinajstić information content (AvgIpc) is 3.07. The molecule has 0 saturated heterocycles.